The van der Waals surface area contributed by atoms with Crippen molar-refractivity contribution in [3.05, 3.63) is 34.2 Å². The number of hydrogen-bond donors (Lipinski definition) is 1. The molecule has 6 heteroatoms. The third kappa shape index (κ3) is 4.22. The number of aromatic carboxylic acids is 1. The number of carbonyl (C=O) groups is 2. The van der Waals surface area contributed by atoms with Gasteiger partial charge in [0.2, 0.25) is 5.91 Å². The topological polar surface area (TPSA) is 79.6 Å². The van der Waals surface area contributed by atoms with Gasteiger partial charge in [-0.3, -0.25) is 9.59 Å². The Bertz CT molecular complexity index is 530. The lowest BCUT2D eigenvalue weighted by molar-refractivity contribution is -0.132. The molecule has 0 aliphatic carbocycles. The molecule has 1 rings (SSSR count). The third-order valence-electron chi connectivity index (χ3n) is 2.88. The van der Waals surface area contributed by atoms with Crippen LogP contribution in [0, 0.1) is 0 Å². The molecule has 0 aromatic carbocycles. The SMILES string of the molecule is CCCN(CCC)C(=O)Cn1cc(C(=O)O)ccc1=O. The average Bonchev–Trinajstić information content (AvgIpc) is 2.40. The number of pyridine rings is 1. The number of carboxylic acid groups (broad SMARTS) is 1. The van der Waals surface area contributed by atoms with Crippen LogP contribution in [0.5, 0.6) is 0 Å². The van der Waals surface area contributed by atoms with Crippen molar-refractivity contribution in [1.82, 2.24) is 9.47 Å². The predicted octanol–water partition coefficient (Wildman–Crippen LogP) is 1.20. The Labute approximate surface area is 117 Å². The Morgan fingerprint density at radius 2 is 1.80 bits per heavy atom. The number of carboxylic acids is 1. The number of carbonyl (C=O) groups excluding carboxylic acids is 1. The largest absolute Gasteiger partial charge is 0.478 e. The quantitative estimate of drug-likeness (QED) is 0.813. The van der Waals surface area contributed by atoms with Crippen LogP contribution in [0.4, 0.5) is 0 Å². The van der Waals surface area contributed by atoms with Gasteiger partial charge in [0.25, 0.3) is 5.56 Å². The number of hydrogen-bond acceptors (Lipinski definition) is 3. The highest BCUT2D eigenvalue weighted by Gasteiger charge is 2.14. The Morgan fingerprint density at radius 1 is 1.20 bits per heavy atom. The molecule has 1 heterocycles. The molecule has 0 spiro atoms. The zero-order valence-electron chi connectivity index (χ0n) is 11.8. The molecule has 0 saturated carbocycles. The molecule has 1 N–H and O–H groups in total. The van der Waals surface area contributed by atoms with Crippen molar-refractivity contribution in [3.8, 4) is 0 Å². The molecule has 0 bridgehead atoms. The van der Waals surface area contributed by atoms with Crippen molar-refractivity contribution in [2.45, 2.75) is 33.2 Å². The Morgan fingerprint density at radius 3 is 2.30 bits per heavy atom. The zero-order chi connectivity index (χ0) is 15.1. The number of aromatic nitrogens is 1. The smallest absolute Gasteiger partial charge is 0.337 e. The standard InChI is InChI=1S/C14H20N2O4/c1-3-7-15(8-4-2)13(18)10-16-9-11(14(19)20)5-6-12(16)17/h5-6,9H,3-4,7-8,10H2,1-2H3,(H,19,20). The summed E-state index contributed by atoms with van der Waals surface area (Å²) < 4.78 is 1.14. The maximum absolute atomic E-state index is 12.1. The summed E-state index contributed by atoms with van der Waals surface area (Å²) in [6, 6.07) is 2.40. The Hall–Kier alpha value is -2.11. The number of rotatable bonds is 7. The van der Waals surface area contributed by atoms with Gasteiger partial charge in [0.15, 0.2) is 0 Å². The van der Waals surface area contributed by atoms with Crippen LogP contribution in [0.3, 0.4) is 0 Å². The van der Waals surface area contributed by atoms with Gasteiger partial charge in [-0.05, 0) is 18.9 Å². The lowest BCUT2D eigenvalue weighted by atomic mass is 10.3. The fraction of sp³-hybridized carbons (Fsp3) is 0.500. The van der Waals surface area contributed by atoms with Crippen LogP contribution in [-0.2, 0) is 11.3 Å². The monoisotopic (exact) mass is 280 g/mol. The summed E-state index contributed by atoms with van der Waals surface area (Å²) in [5.41, 5.74) is -0.383. The molecule has 0 radical (unpaired) electrons. The second kappa shape index (κ2) is 7.47. The van der Waals surface area contributed by atoms with Gasteiger partial charge >= 0.3 is 5.97 Å². The minimum absolute atomic E-state index is 0.00469. The Balaban J connectivity index is 2.91. The fourth-order valence-electron chi connectivity index (χ4n) is 1.93. The van der Waals surface area contributed by atoms with Crippen molar-refractivity contribution >= 4 is 11.9 Å². The minimum atomic E-state index is -1.12. The first-order chi connectivity index (χ1) is 9.49. The van der Waals surface area contributed by atoms with Crippen molar-refractivity contribution < 1.29 is 14.7 Å². The first-order valence-electron chi connectivity index (χ1n) is 6.71. The van der Waals surface area contributed by atoms with E-state index in [1.807, 2.05) is 13.8 Å². The van der Waals surface area contributed by atoms with E-state index in [9.17, 15) is 14.4 Å². The van der Waals surface area contributed by atoms with E-state index < -0.39 is 5.97 Å². The van der Waals surface area contributed by atoms with Crippen LogP contribution in [0.1, 0.15) is 37.0 Å². The maximum Gasteiger partial charge on any atom is 0.337 e. The second-order valence-corrected chi connectivity index (χ2v) is 4.57. The fourth-order valence-corrected chi connectivity index (χ4v) is 1.93. The van der Waals surface area contributed by atoms with Crippen molar-refractivity contribution in [2.24, 2.45) is 0 Å². The third-order valence-corrected chi connectivity index (χ3v) is 2.88. The molecule has 1 aromatic heterocycles. The van der Waals surface area contributed by atoms with Crippen LogP contribution in [0.15, 0.2) is 23.1 Å². The van der Waals surface area contributed by atoms with Gasteiger partial charge in [-0.2, -0.15) is 0 Å². The van der Waals surface area contributed by atoms with E-state index in [2.05, 4.69) is 0 Å². The van der Waals surface area contributed by atoms with E-state index in [4.69, 9.17) is 5.11 Å². The summed E-state index contributed by atoms with van der Waals surface area (Å²) in [5, 5.41) is 8.90. The number of amides is 1. The first kappa shape index (κ1) is 15.9. The van der Waals surface area contributed by atoms with Crippen LogP contribution in [0.25, 0.3) is 0 Å². The highest BCUT2D eigenvalue weighted by Crippen LogP contribution is 2.00. The summed E-state index contributed by atoms with van der Waals surface area (Å²) in [4.78, 5) is 36.4. The Kier molecular flexibility index (Phi) is 5.96. The molecule has 20 heavy (non-hydrogen) atoms. The summed E-state index contributed by atoms with van der Waals surface area (Å²) in [5.74, 6) is -1.29. The van der Waals surface area contributed by atoms with E-state index in [0.717, 1.165) is 17.4 Å². The second-order valence-electron chi connectivity index (χ2n) is 4.57. The molecule has 1 amide bonds. The van der Waals surface area contributed by atoms with Crippen molar-refractivity contribution in [1.29, 1.82) is 0 Å². The van der Waals surface area contributed by atoms with Gasteiger partial charge in [-0.15, -0.1) is 0 Å². The highest BCUT2D eigenvalue weighted by molar-refractivity contribution is 5.87. The lowest BCUT2D eigenvalue weighted by Crippen LogP contribution is -2.37. The van der Waals surface area contributed by atoms with Crippen LogP contribution in [-0.4, -0.2) is 39.5 Å². The van der Waals surface area contributed by atoms with E-state index in [1.165, 1.54) is 18.3 Å². The van der Waals surface area contributed by atoms with Gasteiger partial charge in [-0.25, -0.2) is 4.79 Å². The van der Waals surface area contributed by atoms with Gasteiger partial charge in [-0.1, -0.05) is 13.8 Å². The van der Waals surface area contributed by atoms with E-state index in [1.54, 1.807) is 4.90 Å². The normalized spacial score (nSPS) is 10.3. The minimum Gasteiger partial charge on any atom is -0.478 e. The molecular formula is C14H20N2O4. The zero-order valence-corrected chi connectivity index (χ0v) is 11.8. The van der Waals surface area contributed by atoms with E-state index in [-0.39, 0.29) is 23.6 Å². The molecule has 0 unspecified atom stereocenters. The van der Waals surface area contributed by atoms with E-state index >= 15 is 0 Å². The van der Waals surface area contributed by atoms with Gasteiger partial charge in [0.05, 0.1) is 5.56 Å². The van der Waals surface area contributed by atoms with Gasteiger partial charge in [0, 0.05) is 25.4 Å². The van der Waals surface area contributed by atoms with Gasteiger partial charge < -0.3 is 14.6 Å². The highest BCUT2D eigenvalue weighted by atomic mass is 16.4. The summed E-state index contributed by atoms with van der Waals surface area (Å²) >= 11 is 0. The number of nitrogens with zero attached hydrogens (tertiary/aromatic N) is 2. The van der Waals surface area contributed by atoms with Gasteiger partial charge in [0.1, 0.15) is 6.54 Å². The molecule has 0 fully saturated rings. The summed E-state index contributed by atoms with van der Waals surface area (Å²) in [6.45, 7) is 5.11. The van der Waals surface area contributed by atoms with Crippen LogP contribution >= 0.6 is 0 Å². The maximum atomic E-state index is 12.1. The van der Waals surface area contributed by atoms with Crippen LogP contribution in [0.2, 0.25) is 0 Å². The molecule has 0 aliphatic heterocycles. The molecular weight excluding hydrogens is 260 g/mol. The van der Waals surface area contributed by atoms with Crippen molar-refractivity contribution in [3.63, 3.8) is 0 Å². The lowest BCUT2D eigenvalue weighted by Gasteiger charge is -2.21. The molecule has 0 saturated heterocycles. The summed E-state index contributed by atoms with van der Waals surface area (Å²) in [6.07, 6.45) is 2.89. The predicted molar refractivity (Wildman–Crippen MR) is 74.8 cm³/mol. The molecule has 6 nitrogen and oxygen atoms in total. The average molecular weight is 280 g/mol. The molecule has 110 valence electrons. The summed E-state index contributed by atoms with van der Waals surface area (Å²) in [7, 11) is 0. The molecule has 0 aliphatic rings. The van der Waals surface area contributed by atoms with Crippen LogP contribution < -0.4 is 5.56 Å². The first-order valence-corrected chi connectivity index (χ1v) is 6.71. The van der Waals surface area contributed by atoms with E-state index in [0.29, 0.717) is 13.1 Å². The molecule has 1 aromatic rings. The van der Waals surface area contributed by atoms with Crippen molar-refractivity contribution in [2.75, 3.05) is 13.1 Å². The molecule has 0 atom stereocenters.